The Bertz CT molecular complexity index is 299. The second-order valence-corrected chi connectivity index (χ2v) is 5.42. The van der Waals surface area contributed by atoms with Crippen molar-refractivity contribution >= 4 is 0 Å². The summed E-state index contributed by atoms with van der Waals surface area (Å²) in [4.78, 5) is 0. The van der Waals surface area contributed by atoms with Crippen molar-refractivity contribution in [1.82, 2.24) is 0 Å². The zero-order chi connectivity index (χ0) is 9.28. The molecule has 0 aromatic rings. The second kappa shape index (κ2) is 2.42. The molecule has 2 heteroatoms. The molecule has 7 unspecified atom stereocenters. The molecule has 0 aromatic carbocycles. The van der Waals surface area contributed by atoms with Crippen molar-refractivity contribution in [2.45, 2.75) is 25.0 Å². The summed E-state index contributed by atoms with van der Waals surface area (Å²) in [5.41, 5.74) is 0. The summed E-state index contributed by atoms with van der Waals surface area (Å²) in [6, 6.07) is 0. The molecule has 3 fully saturated rings. The van der Waals surface area contributed by atoms with Gasteiger partial charge in [-0.1, -0.05) is 12.2 Å². The Morgan fingerprint density at radius 1 is 1.14 bits per heavy atom. The number of fused-ring (bicyclic) bond motifs is 9. The normalized spacial score (nSPS) is 62.5. The first-order chi connectivity index (χ1) is 6.88. The number of ether oxygens (including phenoxy) is 1. The molecular weight excluding hydrogens is 176 g/mol. The predicted octanol–water partition coefficient (Wildman–Crippen LogP) is 1.20. The van der Waals surface area contributed by atoms with Crippen LogP contribution in [0.1, 0.15) is 12.8 Å². The van der Waals surface area contributed by atoms with Gasteiger partial charge in [0.05, 0.1) is 12.2 Å². The minimum absolute atomic E-state index is 0.325. The number of hydrogen-bond donors (Lipinski definition) is 1. The van der Waals surface area contributed by atoms with Gasteiger partial charge in [0.25, 0.3) is 0 Å². The van der Waals surface area contributed by atoms with Gasteiger partial charge in [-0.05, 0) is 36.5 Å². The summed E-state index contributed by atoms with van der Waals surface area (Å²) in [5.74, 6) is 3.57. The van der Waals surface area contributed by atoms with E-state index in [9.17, 15) is 5.11 Å². The van der Waals surface area contributed by atoms with Crippen LogP contribution in [0.2, 0.25) is 0 Å². The molecule has 1 N–H and O–H groups in total. The molecular formula is C12H16O2. The van der Waals surface area contributed by atoms with E-state index in [4.69, 9.17) is 4.74 Å². The Hall–Kier alpha value is -0.340. The van der Waals surface area contributed by atoms with Crippen molar-refractivity contribution in [2.24, 2.45) is 29.6 Å². The van der Waals surface area contributed by atoms with E-state index in [0.717, 1.165) is 30.1 Å². The number of aliphatic hydroxyl groups is 1. The van der Waals surface area contributed by atoms with Crippen LogP contribution in [0.3, 0.4) is 0 Å². The quantitative estimate of drug-likeness (QED) is 0.633. The maximum Gasteiger partial charge on any atom is 0.0667 e. The number of rotatable bonds is 1. The van der Waals surface area contributed by atoms with E-state index in [2.05, 4.69) is 12.2 Å². The van der Waals surface area contributed by atoms with Crippen LogP contribution >= 0.6 is 0 Å². The minimum atomic E-state index is 0.325. The highest BCUT2D eigenvalue weighted by Crippen LogP contribution is 2.61. The number of hydrogen-bond acceptors (Lipinski definition) is 2. The highest BCUT2D eigenvalue weighted by atomic mass is 16.5. The molecule has 1 saturated carbocycles. The molecule has 76 valence electrons. The number of aliphatic hydroxyl groups excluding tert-OH is 1. The number of allylic oxidation sites excluding steroid dienone is 2. The van der Waals surface area contributed by atoms with Crippen molar-refractivity contribution in [2.75, 3.05) is 6.61 Å². The van der Waals surface area contributed by atoms with Gasteiger partial charge in [-0.2, -0.15) is 0 Å². The van der Waals surface area contributed by atoms with Crippen molar-refractivity contribution in [3.63, 3.8) is 0 Å². The van der Waals surface area contributed by atoms with Gasteiger partial charge < -0.3 is 9.84 Å². The van der Waals surface area contributed by atoms with E-state index < -0.39 is 0 Å². The fourth-order valence-corrected chi connectivity index (χ4v) is 4.52. The average Bonchev–Trinajstić information content (AvgIpc) is 2.94. The van der Waals surface area contributed by atoms with Gasteiger partial charge in [0, 0.05) is 12.5 Å². The van der Waals surface area contributed by atoms with E-state index in [0.29, 0.717) is 24.7 Å². The van der Waals surface area contributed by atoms with Gasteiger partial charge in [-0.25, -0.2) is 0 Å². The molecule has 2 heterocycles. The molecule has 0 radical (unpaired) electrons. The van der Waals surface area contributed by atoms with E-state index in [1.165, 1.54) is 6.42 Å². The fourth-order valence-electron chi connectivity index (χ4n) is 4.52. The van der Waals surface area contributed by atoms with Crippen molar-refractivity contribution < 1.29 is 9.84 Å². The molecule has 2 aliphatic heterocycles. The average molecular weight is 192 g/mol. The maximum absolute atomic E-state index is 9.28. The largest absolute Gasteiger partial charge is 0.396 e. The lowest BCUT2D eigenvalue weighted by Gasteiger charge is -2.32. The molecule has 2 nitrogen and oxygen atoms in total. The topological polar surface area (TPSA) is 29.5 Å². The van der Waals surface area contributed by atoms with E-state index in [-0.39, 0.29) is 0 Å². The molecule has 4 aliphatic rings. The summed E-state index contributed by atoms with van der Waals surface area (Å²) in [7, 11) is 0. The predicted molar refractivity (Wildman–Crippen MR) is 51.6 cm³/mol. The van der Waals surface area contributed by atoms with Gasteiger partial charge in [-0.3, -0.25) is 0 Å². The zero-order valence-electron chi connectivity index (χ0n) is 8.17. The van der Waals surface area contributed by atoms with Crippen LogP contribution in [0.4, 0.5) is 0 Å². The molecule has 4 bridgehead atoms. The second-order valence-electron chi connectivity index (χ2n) is 5.42. The van der Waals surface area contributed by atoms with Gasteiger partial charge in [0.1, 0.15) is 0 Å². The minimum Gasteiger partial charge on any atom is -0.396 e. The Labute approximate surface area is 83.9 Å². The first kappa shape index (κ1) is 7.89. The molecule has 0 amide bonds. The highest BCUT2D eigenvalue weighted by molar-refractivity contribution is 5.21. The third kappa shape index (κ3) is 0.728. The summed E-state index contributed by atoms with van der Waals surface area (Å²) in [5, 5.41) is 9.28. The van der Waals surface area contributed by atoms with E-state index in [1.54, 1.807) is 0 Å². The van der Waals surface area contributed by atoms with Crippen LogP contribution in [-0.4, -0.2) is 23.9 Å². The molecule has 2 aliphatic carbocycles. The third-order valence-corrected chi connectivity index (χ3v) is 4.96. The van der Waals surface area contributed by atoms with Gasteiger partial charge in [0.15, 0.2) is 0 Å². The summed E-state index contributed by atoms with van der Waals surface area (Å²) < 4.78 is 6.02. The Kier molecular flexibility index (Phi) is 1.36. The maximum atomic E-state index is 9.28. The summed E-state index contributed by atoms with van der Waals surface area (Å²) in [6.45, 7) is 0.325. The summed E-state index contributed by atoms with van der Waals surface area (Å²) >= 11 is 0. The fraction of sp³-hybridized carbons (Fsp3) is 0.833. The molecule has 14 heavy (non-hydrogen) atoms. The van der Waals surface area contributed by atoms with Gasteiger partial charge in [0.2, 0.25) is 0 Å². The molecule has 4 rings (SSSR count). The van der Waals surface area contributed by atoms with Crippen LogP contribution in [0.5, 0.6) is 0 Å². The summed E-state index contributed by atoms with van der Waals surface area (Å²) in [6.07, 6.45) is 8.13. The molecule has 7 atom stereocenters. The monoisotopic (exact) mass is 192 g/mol. The van der Waals surface area contributed by atoms with Crippen molar-refractivity contribution in [1.29, 1.82) is 0 Å². The van der Waals surface area contributed by atoms with Gasteiger partial charge in [-0.15, -0.1) is 0 Å². The standard InChI is InChI=1S/C12H16O2/c13-5-8-4-9-10-6-1-2-7(3-6)11(10)12(8)14-9/h1-2,6-13H,3-5H2. The zero-order valence-corrected chi connectivity index (χ0v) is 8.17. The van der Waals surface area contributed by atoms with Crippen LogP contribution < -0.4 is 0 Å². The van der Waals surface area contributed by atoms with Crippen LogP contribution in [0, 0.1) is 29.6 Å². The smallest absolute Gasteiger partial charge is 0.0667 e. The third-order valence-electron chi connectivity index (χ3n) is 4.96. The molecule has 2 saturated heterocycles. The van der Waals surface area contributed by atoms with Gasteiger partial charge >= 0.3 is 0 Å². The molecule has 0 aromatic heterocycles. The van der Waals surface area contributed by atoms with Crippen molar-refractivity contribution in [3.05, 3.63) is 12.2 Å². The van der Waals surface area contributed by atoms with E-state index in [1.807, 2.05) is 0 Å². The lowest BCUT2D eigenvalue weighted by atomic mass is 9.70. The van der Waals surface area contributed by atoms with Crippen LogP contribution in [0.15, 0.2) is 12.2 Å². The lowest BCUT2D eigenvalue weighted by molar-refractivity contribution is 0.0506. The lowest BCUT2D eigenvalue weighted by Crippen LogP contribution is -2.36. The van der Waals surface area contributed by atoms with Crippen molar-refractivity contribution in [3.8, 4) is 0 Å². The molecule has 0 spiro atoms. The Morgan fingerprint density at radius 3 is 2.71 bits per heavy atom. The Morgan fingerprint density at radius 2 is 1.93 bits per heavy atom. The van der Waals surface area contributed by atoms with E-state index >= 15 is 0 Å². The van der Waals surface area contributed by atoms with Crippen LogP contribution in [0.25, 0.3) is 0 Å². The Balaban J connectivity index is 1.72. The highest BCUT2D eigenvalue weighted by Gasteiger charge is 2.62. The van der Waals surface area contributed by atoms with Crippen LogP contribution in [-0.2, 0) is 4.74 Å². The first-order valence-electron chi connectivity index (χ1n) is 5.83. The SMILES string of the molecule is OCC1CC2OC1C1C3C=CC(C3)C21. The first-order valence-corrected chi connectivity index (χ1v) is 5.83.